The van der Waals surface area contributed by atoms with Crippen molar-refractivity contribution >= 4 is 23.1 Å². The molecule has 0 radical (unpaired) electrons. The summed E-state index contributed by atoms with van der Waals surface area (Å²) in [6.45, 7) is 5.82. The van der Waals surface area contributed by atoms with E-state index in [9.17, 15) is 4.79 Å². The van der Waals surface area contributed by atoms with E-state index in [1.165, 1.54) is 0 Å². The number of aromatic nitrogens is 1. The summed E-state index contributed by atoms with van der Waals surface area (Å²) >= 11 is 4.90. The van der Waals surface area contributed by atoms with Crippen LogP contribution >= 0.6 is 12.2 Å². The Morgan fingerprint density at radius 3 is 2.75 bits per heavy atom. The lowest BCUT2D eigenvalue weighted by molar-refractivity contribution is 0.0936. The molecule has 0 aliphatic carbocycles. The van der Waals surface area contributed by atoms with Crippen molar-refractivity contribution < 1.29 is 9.32 Å². The number of nitrogens with two attached hydrogens (primary N) is 1. The number of amides is 1. The summed E-state index contributed by atoms with van der Waals surface area (Å²) in [6, 6.07) is 1.57. The molecule has 0 atom stereocenters. The van der Waals surface area contributed by atoms with Crippen LogP contribution in [0.1, 0.15) is 30.1 Å². The third-order valence-corrected chi connectivity index (χ3v) is 2.77. The highest BCUT2D eigenvalue weighted by Crippen LogP contribution is 2.13. The highest BCUT2D eigenvalue weighted by molar-refractivity contribution is 7.80. The third kappa shape index (κ3) is 3.03. The molecule has 16 heavy (non-hydrogen) atoms. The summed E-state index contributed by atoms with van der Waals surface area (Å²) in [5.41, 5.74) is 5.39. The predicted molar refractivity (Wildman–Crippen MR) is 64.1 cm³/mol. The number of rotatable bonds is 4. The molecular formula is C10H15N3O2S. The van der Waals surface area contributed by atoms with Crippen molar-refractivity contribution in [2.24, 2.45) is 11.1 Å². The van der Waals surface area contributed by atoms with Crippen LogP contribution < -0.4 is 11.1 Å². The lowest BCUT2D eigenvalue weighted by atomic mass is 9.93. The van der Waals surface area contributed by atoms with E-state index < -0.39 is 5.41 Å². The Bertz CT molecular complexity index is 412. The Morgan fingerprint density at radius 2 is 2.31 bits per heavy atom. The van der Waals surface area contributed by atoms with E-state index in [0.717, 1.165) is 0 Å². The standard InChI is InChI=1S/C10H15N3O2S/c1-6-4-7(13-15-6)8(14)12-5-10(2,3)9(11)16/h4H,5H2,1-3H3,(H2,11,16)(H,12,14). The highest BCUT2D eigenvalue weighted by atomic mass is 32.1. The van der Waals surface area contributed by atoms with Crippen LogP contribution in [0.3, 0.4) is 0 Å². The fraction of sp³-hybridized carbons (Fsp3) is 0.500. The van der Waals surface area contributed by atoms with Crippen LogP contribution in [0.5, 0.6) is 0 Å². The van der Waals surface area contributed by atoms with Gasteiger partial charge in [-0.1, -0.05) is 31.2 Å². The molecule has 0 spiro atoms. The second-order valence-corrected chi connectivity index (χ2v) is 4.69. The molecule has 0 aliphatic heterocycles. The second kappa shape index (κ2) is 4.61. The molecule has 6 heteroatoms. The summed E-state index contributed by atoms with van der Waals surface area (Å²) in [4.78, 5) is 12.0. The van der Waals surface area contributed by atoms with Gasteiger partial charge in [0.1, 0.15) is 5.76 Å². The van der Waals surface area contributed by atoms with Gasteiger partial charge in [0, 0.05) is 18.0 Å². The van der Waals surface area contributed by atoms with Crippen LogP contribution in [0.4, 0.5) is 0 Å². The van der Waals surface area contributed by atoms with Crippen LogP contribution in [0, 0.1) is 12.3 Å². The molecule has 1 aromatic heterocycles. The van der Waals surface area contributed by atoms with Crippen molar-refractivity contribution in [3.8, 4) is 0 Å². The average molecular weight is 241 g/mol. The number of thiocarbonyl (C=S) groups is 1. The second-order valence-electron chi connectivity index (χ2n) is 4.25. The van der Waals surface area contributed by atoms with Crippen LogP contribution in [0.15, 0.2) is 10.6 Å². The summed E-state index contributed by atoms with van der Waals surface area (Å²) in [7, 11) is 0. The molecule has 1 heterocycles. The maximum Gasteiger partial charge on any atom is 0.273 e. The molecule has 5 nitrogen and oxygen atoms in total. The van der Waals surface area contributed by atoms with Crippen molar-refractivity contribution in [2.75, 3.05) is 6.54 Å². The number of hydrogen-bond acceptors (Lipinski definition) is 4. The largest absolute Gasteiger partial charge is 0.393 e. The Labute approximate surface area is 99.4 Å². The van der Waals surface area contributed by atoms with Gasteiger partial charge in [0.25, 0.3) is 5.91 Å². The normalized spacial score (nSPS) is 11.2. The summed E-state index contributed by atoms with van der Waals surface area (Å²) in [6.07, 6.45) is 0. The minimum absolute atomic E-state index is 0.260. The zero-order valence-corrected chi connectivity index (χ0v) is 10.4. The van der Waals surface area contributed by atoms with Gasteiger partial charge in [-0.15, -0.1) is 0 Å². The first kappa shape index (κ1) is 12.6. The Kier molecular flexibility index (Phi) is 3.64. The SMILES string of the molecule is Cc1cc(C(=O)NCC(C)(C)C(N)=S)no1. The zero-order chi connectivity index (χ0) is 12.3. The van der Waals surface area contributed by atoms with Gasteiger partial charge < -0.3 is 15.6 Å². The quantitative estimate of drug-likeness (QED) is 0.769. The van der Waals surface area contributed by atoms with E-state index in [4.69, 9.17) is 22.5 Å². The van der Waals surface area contributed by atoms with Crippen LogP contribution in [-0.4, -0.2) is 22.6 Å². The fourth-order valence-electron chi connectivity index (χ4n) is 0.952. The van der Waals surface area contributed by atoms with Crippen molar-refractivity contribution in [3.63, 3.8) is 0 Å². The molecule has 0 aromatic carbocycles. The molecule has 0 unspecified atom stereocenters. The van der Waals surface area contributed by atoms with Crippen molar-refractivity contribution in [3.05, 3.63) is 17.5 Å². The Balaban J connectivity index is 2.57. The van der Waals surface area contributed by atoms with Gasteiger partial charge in [-0.05, 0) is 6.92 Å². The fourth-order valence-corrected chi connectivity index (χ4v) is 1.02. The van der Waals surface area contributed by atoms with Gasteiger partial charge in [0.05, 0.1) is 4.99 Å². The van der Waals surface area contributed by atoms with Gasteiger partial charge in [0.2, 0.25) is 0 Å². The topological polar surface area (TPSA) is 81.2 Å². The van der Waals surface area contributed by atoms with Crippen molar-refractivity contribution in [1.29, 1.82) is 0 Å². The predicted octanol–water partition coefficient (Wildman–Crippen LogP) is 1.03. The molecule has 1 rings (SSSR count). The summed E-state index contributed by atoms with van der Waals surface area (Å²) in [5, 5.41) is 6.32. The lowest BCUT2D eigenvalue weighted by Gasteiger charge is -2.22. The number of carbonyl (C=O) groups is 1. The number of nitrogens with zero attached hydrogens (tertiary/aromatic N) is 1. The van der Waals surface area contributed by atoms with Gasteiger partial charge in [-0.25, -0.2) is 0 Å². The summed E-state index contributed by atoms with van der Waals surface area (Å²) in [5.74, 6) is 0.305. The first-order chi connectivity index (χ1) is 7.33. The number of aryl methyl sites for hydroxylation is 1. The van der Waals surface area contributed by atoms with Crippen LogP contribution in [0.25, 0.3) is 0 Å². The zero-order valence-electron chi connectivity index (χ0n) is 9.53. The van der Waals surface area contributed by atoms with Crippen LogP contribution in [0.2, 0.25) is 0 Å². The van der Waals surface area contributed by atoms with Gasteiger partial charge >= 0.3 is 0 Å². The molecule has 3 N–H and O–H groups in total. The maximum absolute atomic E-state index is 11.6. The molecule has 88 valence electrons. The summed E-state index contributed by atoms with van der Waals surface area (Å²) < 4.78 is 4.80. The van der Waals surface area contributed by atoms with E-state index in [1.54, 1.807) is 13.0 Å². The van der Waals surface area contributed by atoms with Crippen molar-refractivity contribution in [1.82, 2.24) is 10.5 Å². The molecule has 0 saturated heterocycles. The Morgan fingerprint density at radius 1 is 1.69 bits per heavy atom. The smallest absolute Gasteiger partial charge is 0.273 e. The minimum atomic E-state index is -0.413. The number of nitrogens with one attached hydrogen (secondary N) is 1. The molecular weight excluding hydrogens is 226 g/mol. The maximum atomic E-state index is 11.6. The number of hydrogen-bond donors (Lipinski definition) is 2. The van der Waals surface area contributed by atoms with E-state index in [-0.39, 0.29) is 11.6 Å². The monoisotopic (exact) mass is 241 g/mol. The first-order valence-electron chi connectivity index (χ1n) is 4.84. The lowest BCUT2D eigenvalue weighted by Crippen LogP contribution is -2.41. The highest BCUT2D eigenvalue weighted by Gasteiger charge is 2.23. The van der Waals surface area contributed by atoms with Gasteiger partial charge in [0.15, 0.2) is 5.69 Å². The van der Waals surface area contributed by atoms with E-state index >= 15 is 0 Å². The van der Waals surface area contributed by atoms with E-state index in [1.807, 2.05) is 13.8 Å². The molecule has 0 fully saturated rings. The molecule has 0 aliphatic rings. The third-order valence-electron chi connectivity index (χ3n) is 2.22. The molecule has 0 bridgehead atoms. The number of carbonyl (C=O) groups excluding carboxylic acids is 1. The minimum Gasteiger partial charge on any atom is -0.393 e. The Hall–Kier alpha value is -1.43. The first-order valence-corrected chi connectivity index (χ1v) is 5.25. The van der Waals surface area contributed by atoms with Crippen LogP contribution in [-0.2, 0) is 0 Å². The average Bonchev–Trinajstić information content (AvgIpc) is 2.61. The van der Waals surface area contributed by atoms with Crippen molar-refractivity contribution in [2.45, 2.75) is 20.8 Å². The molecule has 0 saturated carbocycles. The molecule has 1 aromatic rings. The van der Waals surface area contributed by atoms with Gasteiger partial charge in [-0.2, -0.15) is 0 Å². The van der Waals surface area contributed by atoms with E-state index in [0.29, 0.717) is 17.3 Å². The molecule has 1 amide bonds. The van der Waals surface area contributed by atoms with Gasteiger partial charge in [-0.3, -0.25) is 4.79 Å². The van der Waals surface area contributed by atoms with E-state index in [2.05, 4.69) is 10.5 Å².